The monoisotopic (exact) mass is 475 g/mol. The minimum Gasteiger partial charge on any atom is -0.382 e. The van der Waals surface area contributed by atoms with Gasteiger partial charge in [0.2, 0.25) is 9.84 Å². The van der Waals surface area contributed by atoms with Gasteiger partial charge in [-0.25, -0.2) is 18.4 Å². The molecule has 0 amide bonds. The first-order valence-electron chi connectivity index (χ1n) is 10.0. The van der Waals surface area contributed by atoms with Crippen molar-refractivity contribution in [3.63, 3.8) is 0 Å². The van der Waals surface area contributed by atoms with Crippen LogP contribution < -0.4 is 5.73 Å². The predicted octanol–water partition coefficient (Wildman–Crippen LogP) is 4.84. The summed E-state index contributed by atoms with van der Waals surface area (Å²) in [4.78, 5) is 9.08. The van der Waals surface area contributed by atoms with Crippen molar-refractivity contribution >= 4 is 55.7 Å². The number of hydrogen-bond donors (Lipinski definition) is 1. The maximum Gasteiger partial charge on any atom is 0.212 e. The Kier molecular flexibility index (Phi) is 5.11. The molecule has 33 heavy (non-hydrogen) atoms. The summed E-state index contributed by atoms with van der Waals surface area (Å²) in [7, 11) is -4.06. The van der Waals surface area contributed by atoms with Gasteiger partial charge in [0.1, 0.15) is 16.2 Å². The van der Waals surface area contributed by atoms with Crippen molar-refractivity contribution in [3.05, 3.63) is 88.9 Å². The maximum absolute atomic E-state index is 13.6. The molecule has 164 valence electrons. The number of anilines is 1. The molecule has 5 rings (SSSR count). The van der Waals surface area contributed by atoms with Crippen LogP contribution in [-0.4, -0.2) is 29.3 Å². The second-order valence-electron chi connectivity index (χ2n) is 7.53. The van der Waals surface area contributed by atoms with E-state index in [4.69, 9.17) is 17.3 Å². The minimum absolute atomic E-state index is 0.0122. The Hall–Kier alpha value is -3.75. The molecule has 0 atom stereocenters. The molecule has 0 aliphatic rings. The lowest BCUT2D eigenvalue weighted by Crippen LogP contribution is -2.06. The highest BCUT2D eigenvalue weighted by molar-refractivity contribution is 7.92. The van der Waals surface area contributed by atoms with E-state index in [1.807, 2.05) is 43.3 Å². The van der Waals surface area contributed by atoms with Crippen LogP contribution in [0.2, 0.25) is 5.02 Å². The topological polar surface area (TPSA) is 103 Å². The van der Waals surface area contributed by atoms with Crippen molar-refractivity contribution in [2.75, 3.05) is 5.73 Å². The molecular formula is C24H18ClN5O2S. The average Bonchev–Trinajstić information content (AvgIpc) is 3.08. The Labute approximate surface area is 195 Å². The van der Waals surface area contributed by atoms with Gasteiger partial charge in [0, 0.05) is 5.02 Å². The molecule has 2 heterocycles. The highest BCUT2D eigenvalue weighted by Crippen LogP contribution is 2.35. The van der Waals surface area contributed by atoms with Crippen LogP contribution >= 0.6 is 11.6 Å². The van der Waals surface area contributed by atoms with Gasteiger partial charge in [0.25, 0.3) is 0 Å². The lowest BCUT2D eigenvalue weighted by Gasteiger charge is -2.05. The van der Waals surface area contributed by atoms with E-state index < -0.39 is 9.84 Å². The number of halogens is 1. The molecule has 0 spiro atoms. The fourth-order valence-electron chi connectivity index (χ4n) is 3.53. The van der Waals surface area contributed by atoms with Gasteiger partial charge in [-0.1, -0.05) is 59.6 Å². The number of aryl methyl sites for hydroxylation is 1. The summed E-state index contributed by atoms with van der Waals surface area (Å²) in [5.41, 5.74) is 9.87. The fraction of sp³-hybridized carbons (Fsp3) is 0.0417. The van der Waals surface area contributed by atoms with Gasteiger partial charge >= 0.3 is 0 Å². The summed E-state index contributed by atoms with van der Waals surface area (Å²) >= 11 is 6.06. The van der Waals surface area contributed by atoms with Crippen LogP contribution in [0.25, 0.3) is 22.2 Å². The van der Waals surface area contributed by atoms with Crippen LogP contribution in [0, 0.1) is 6.92 Å². The largest absolute Gasteiger partial charge is 0.382 e. The third-order valence-electron chi connectivity index (χ3n) is 5.20. The standard InChI is InChI=1S/C24H18ClN5O2S/c1-15-9-11-16(12-10-15)14-27-30-23(26)22(33(31,32)18-6-4-5-17(25)13-18)21-24(30)29-20-8-3-2-7-19(20)28-21/h2-14H,26H2,1H3. The molecule has 0 unspecified atom stereocenters. The number of aromatic nitrogens is 3. The molecule has 2 aromatic heterocycles. The molecule has 9 heteroatoms. The number of nitrogens with zero attached hydrogens (tertiary/aromatic N) is 4. The summed E-state index contributed by atoms with van der Waals surface area (Å²) in [6, 6.07) is 21.0. The van der Waals surface area contributed by atoms with Gasteiger partial charge in [-0.2, -0.15) is 9.78 Å². The Morgan fingerprint density at radius 2 is 1.67 bits per heavy atom. The zero-order valence-corrected chi connectivity index (χ0v) is 19.0. The Bertz CT molecular complexity index is 1660. The molecule has 0 radical (unpaired) electrons. The fourth-order valence-corrected chi connectivity index (χ4v) is 5.32. The molecule has 7 nitrogen and oxygen atoms in total. The van der Waals surface area contributed by atoms with Crippen molar-refractivity contribution in [1.82, 2.24) is 14.6 Å². The summed E-state index contributed by atoms with van der Waals surface area (Å²) in [5.74, 6) is -0.0800. The molecule has 0 fully saturated rings. The Morgan fingerprint density at radius 1 is 0.970 bits per heavy atom. The number of hydrogen-bond acceptors (Lipinski definition) is 6. The first kappa shape index (κ1) is 21.1. The number of nitrogen functional groups attached to an aromatic ring is 1. The zero-order valence-electron chi connectivity index (χ0n) is 17.5. The van der Waals surface area contributed by atoms with Crippen molar-refractivity contribution in [2.24, 2.45) is 5.10 Å². The highest BCUT2D eigenvalue weighted by Gasteiger charge is 2.30. The van der Waals surface area contributed by atoms with Crippen molar-refractivity contribution in [2.45, 2.75) is 16.7 Å². The summed E-state index contributed by atoms with van der Waals surface area (Å²) in [6.07, 6.45) is 1.60. The summed E-state index contributed by atoms with van der Waals surface area (Å²) in [6.45, 7) is 1.99. The minimum atomic E-state index is -4.06. The smallest absolute Gasteiger partial charge is 0.212 e. The SMILES string of the molecule is Cc1ccc(C=Nn2c(N)c(S(=O)(=O)c3cccc(Cl)c3)c3nc4ccccc4nc32)cc1. The van der Waals surface area contributed by atoms with E-state index in [1.165, 1.54) is 16.8 Å². The van der Waals surface area contributed by atoms with E-state index in [2.05, 4.69) is 15.1 Å². The van der Waals surface area contributed by atoms with E-state index in [0.29, 0.717) is 16.1 Å². The molecule has 0 saturated heterocycles. The van der Waals surface area contributed by atoms with Gasteiger partial charge in [-0.3, -0.25) is 0 Å². The molecule has 0 bridgehead atoms. The maximum atomic E-state index is 13.6. The number of rotatable bonds is 4. The quantitative estimate of drug-likeness (QED) is 0.374. The highest BCUT2D eigenvalue weighted by atomic mass is 35.5. The number of nitrogens with two attached hydrogens (primary N) is 1. The number of fused-ring (bicyclic) bond motifs is 2. The van der Waals surface area contributed by atoms with Crippen LogP contribution in [0.15, 0.2) is 87.7 Å². The number of para-hydroxylation sites is 2. The molecule has 0 aliphatic carbocycles. The van der Waals surface area contributed by atoms with Crippen molar-refractivity contribution in [3.8, 4) is 0 Å². The second-order valence-corrected chi connectivity index (χ2v) is 9.85. The van der Waals surface area contributed by atoms with Gasteiger partial charge in [-0.05, 0) is 42.8 Å². The van der Waals surface area contributed by atoms with Gasteiger partial charge in [-0.15, -0.1) is 0 Å². The van der Waals surface area contributed by atoms with Gasteiger partial charge in [0.15, 0.2) is 5.65 Å². The Balaban J connectivity index is 1.79. The molecule has 5 aromatic rings. The summed E-state index contributed by atoms with van der Waals surface area (Å²) in [5, 5.41) is 4.76. The third kappa shape index (κ3) is 3.73. The molecule has 0 aliphatic heterocycles. The average molecular weight is 476 g/mol. The van der Waals surface area contributed by atoms with Crippen molar-refractivity contribution < 1.29 is 8.42 Å². The van der Waals surface area contributed by atoms with E-state index in [1.54, 1.807) is 30.5 Å². The Morgan fingerprint density at radius 3 is 2.36 bits per heavy atom. The van der Waals surface area contributed by atoms with Crippen LogP contribution in [0.3, 0.4) is 0 Å². The second kappa shape index (κ2) is 7.99. The molecule has 3 aromatic carbocycles. The lowest BCUT2D eigenvalue weighted by atomic mass is 10.2. The normalized spacial score (nSPS) is 12.2. The number of sulfone groups is 1. The van der Waals surface area contributed by atoms with Crippen LogP contribution in [-0.2, 0) is 9.84 Å². The lowest BCUT2D eigenvalue weighted by molar-refractivity contribution is 0.597. The van der Waals surface area contributed by atoms with Crippen molar-refractivity contribution in [1.29, 1.82) is 0 Å². The predicted molar refractivity (Wildman–Crippen MR) is 131 cm³/mol. The van der Waals surface area contributed by atoms with Crippen LogP contribution in [0.5, 0.6) is 0 Å². The van der Waals surface area contributed by atoms with E-state index in [9.17, 15) is 8.42 Å². The first-order valence-corrected chi connectivity index (χ1v) is 11.9. The molecule has 0 saturated carbocycles. The van der Waals surface area contributed by atoms with E-state index >= 15 is 0 Å². The summed E-state index contributed by atoms with van der Waals surface area (Å²) < 4.78 is 28.5. The van der Waals surface area contributed by atoms with Gasteiger partial charge < -0.3 is 5.73 Å². The first-order chi connectivity index (χ1) is 15.8. The third-order valence-corrected chi connectivity index (χ3v) is 7.25. The van der Waals surface area contributed by atoms with Crippen LogP contribution in [0.4, 0.5) is 5.82 Å². The molecule has 2 N–H and O–H groups in total. The zero-order chi connectivity index (χ0) is 23.2. The molecular weight excluding hydrogens is 458 g/mol. The van der Waals surface area contributed by atoms with Crippen LogP contribution in [0.1, 0.15) is 11.1 Å². The van der Waals surface area contributed by atoms with E-state index in [-0.39, 0.29) is 26.8 Å². The van der Waals surface area contributed by atoms with E-state index in [0.717, 1.165) is 11.1 Å². The number of benzene rings is 3. The van der Waals surface area contributed by atoms with Gasteiger partial charge in [0.05, 0.1) is 22.1 Å².